The Kier molecular flexibility index (Phi) is 9.28. The van der Waals surface area contributed by atoms with Gasteiger partial charge < -0.3 is 35.2 Å². The van der Waals surface area contributed by atoms with Crippen LogP contribution in [0.1, 0.15) is 65.3 Å². The number of aliphatic hydroxyl groups excluding tert-OH is 2. The van der Waals surface area contributed by atoms with Gasteiger partial charge in [0, 0.05) is 79.0 Å². The fourth-order valence-corrected chi connectivity index (χ4v) is 9.74. The summed E-state index contributed by atoms with van der Waals surface area (Å²) < 4.78 is 11.6. The second-order valence-corrected chi connectivity index (χ2v) is 14.2. The van der Waals surface area contributed by atoms with Gasteiger partial charge in [0.05, 0.1) is 35.9 Å². The number of likely N-dealkylation sites (N-methyl/N-ethyl adjacent to an activating group) is 1. The minimum absolute atomic E-state index is 0. The maximum atomic E-state index is 14.4. The summed E-state index contributed by atoms with van der Waals surface area (Å²) in [4.78, 5) is 28.5. The zero-order valence-electron chi connectivity index (χ0n) is 24.9. The van der Waals surface area contributed by atoms with Gasteiger partial charge in [-0.05, 0) is 49.4 Å². The Morgan fingerprint density at radius 2 is 1.90 bits per heavy atom. The largest absolute Gasteiger partial charge is 0.456 e. The number of nitrogens with one attached hydrogen (secondary N) is 1. The summed E-state index contributed by atoms with van der Waals surface area (Å²) in [5.74, 6) is -3.23. The molecule has 1 saturated heterocycles. The van der Waals surface area contributed by atoms with E-state index in [9.17, 15) is 30.0 Å². The fraction of sp³-hybridized carbons (Fsp3) is 0.733. The molecule has 5 N–H and O–H groups in total. The van der Waals surface area contributed by atoms with Crippen LogP contribution in [-0.4, -0.2) is 81.5 Å². The Morgan fingerprint density at radius 1 is 1.24 bits per heavy atom. The van der Waals surface area contributed by atoms with Crippen molar-refractivity contribution in [2.24, 2.45) is 28.6 Å². The molecule has 225 valence electrons. The van der Waals surface area contributed by atoms with E-state index in [1.54, 1.807) is 20.9 Å². The van der Waals surface area contributed by atoms with E-state index in [0.717, 1.165) is 4.88 Å². The molecule has 41 heavy (non-hydrogen) atoms. The molecule has 1 radical (unpaired) electrons. The summed E-state index contributed by atoms with van der Waals surface area (Å²) in [5.41, 5.74) is -3.81. The topological polar surface area (TPSA) is 146 Å². The van der Waals surface area contributed by atoms with Gasteiger partial charge in [0.2, 0.25) is 0 Å². The molecule has 2 saturated carbocycles. The molecule has 0 amide bonds. The minimum atomic E-state index is -1.53. The summed E-state index contributed by atoms with van der Waals surface area (Å²) >= 11 is 1.41. The summed E-state index contributed by atoms with van der Waals surface area (Å²) in [7, 11) is 1.66. The van der Waals surface area contributed by atoms with E-state index in [1.165, 1.54) is 11.3 Å². The molecule has 0 aromatic carbocycles. The van der Waals surface area contributed by atoms with Gasteiger partial charge in [0.1, 0.15) is 17.5 Å². The molecule has 1 unspecified atom stereocenters. The third-order valence-corrected chi connectivity index (χ3v) is 12.1. The van der Waals surface area contributed by atoms with Crippen LogP contribution in [0.2, 0.25) is 0 Å². The molecule has 5 rings (SSSR count). The predicted octanol–water partition coefficient (Wildman–Crippen LogP) is 2.13. The van der Waals surface area contributed by atoms with Crippen molar-refractivity contribution in [3.8, 4) is 0 Å². The molecule has 9 nitrogen and oxygen atoms in total. The van der Waals surface area contributed by atoms with Crippen molar-refractivity contribution >= 4 is 23.1 Å². The minimum Gasteiger partial charge on any atom is -0.456 e. The van der Waals surface area contributed by atoms with Crippen molar-refractivity contribution in [1.82, 2.24) is 5.32 Å². The molecule has 3 aliphatic carbocycles. The first-order valence-corrected chi connectivity index (χ1v) is 15.0. The van der Waals surface area contributed by atoms with Gasteiger partial charge in [-0.2, -0.15) is 0 Å². The van der Waals surface area contributed by atoms with E-state index < -0.39 is 76.2 Å². The van der Waals surface area contributed by atoms with Crippen LogP contribution in [0.25, 0.3) is 0 Å². The van der Waals surface area contributed by atoms with E-state index >= 15 is 0 Å². The number of Topliss-reactive ketones (excluding diaryl/α,β-unsaturated/α-hetero) is 1. The van der Waals surface area contributed by atoms with Crippen LogP contribution in [0.15, 0.2) is 28.7 Å². The number of ketones is 1. The number of aliphatic hydroxyl groups is 4. The maximum absolute atomic E-state index is 14.4. The Morgan fingerprint density at radius 3 is 2.44 bits per heavy atom. The van der Waals surface area contributed by atoms with Crippen molar-refractivity contribution in [3.05, 3.63) is 33.5 Å². The van der Waals surface area contributed by atoms with Crippen molar-refractivity contribution in [2.75, 3.05) is 13.7 Å². The number of hydrogen-bond acceptors (Lipinski definition) is 10. The molecule has 1 aromatic heterocycles. The van der Waals surface area contributed by atoms with E-state index in [2.05, 4.69) is 5.32 Å². The number of rotatable bonds is 5. The smallest absolute Gasteiger partial charge is 0.337 e. The standard InChI is InChI=1S/C30H43NO8S.Ac/c1-14-17(39-26(35)23(33)22(31-7)18-9-8-10-40-18)12-30(37)16(3)24-28(6,19(32)11-20-29(24,36)13-38-20)25(34)15(2)21(14)27(30,4)5;/h8-10,15-17,19-20,22-24,31-33,36-37H,11-13H2,1-7H3;/t15-,16+,17+,19+,20-,22+,23-,24?,28-,29+,30-;/m1./s1. The van der Waals surface area contributed by atoms with Crippen LogP contribution in [0.5, 0.6) is 0 Å². The van der Waals surface area contributed by atoms with Crippen molar-refractivity contribution in [1.29, 1.82) is 0 Å². The number of fused-ring (bicyclic) bond motifs is 5. The third kappa shape index (κ3) is 4.63. The Bertz CT molecular complexity index is 1220. The monoisotopic (exact) mass is 804 g/mol. The van der Waals surface area contributed by atoms with Crippen LogP contribution in [0, 0.1) is 72.6 Å². The van der Waals surface area contributed by atoms with E-state index in [0.29, 0.717) is 11.1 Å². The van der Waals surface area contributed by atoms with Crippen LogP contribution < -0.4 is 5.32 Å². The average molecular weight is 805 g/mol. The SMILES string of the molecule is CN[C@@H](c1cccs1)[C@@H](O)C(=O)O[C@H]1C[C@@]2(O)[C@@H](C)C3[C@]4(O)CO[C@@H]4C[C@H](O)[C@@]3(C)C(=O)[C@H](C)C(=C1C)C2(C)C.[Ac]. The Hall–Kier alpha value is -0.218. The summed E-state index contributed by atoms with van der Waals surface area (Å²) in [6.07, 6.45) is -3.90. The van der Waals surface area contributed by atoms with Crippen molar-refractivity contribution < 1.29 is 83.6 Å². The van der Waals surface area contributed by atoms with Crippen LogP contribution in [0.3, 0.4) is 0 Å². The van der Waals surface area contributed by atoms with Gasteiger partial charge >= 0.3 is 5.97 Å². The molecule has 11 heteroatoms. The summed E-state index contributed by atoms with van der Waals surface area (Å²) in [5, 5.41) is 51.7. The normalized spacial score (nSPS) is 42.9. The molecular weight excluding hydrogens is 761 g/mol. The average Bonchev–Trinajstić information content (AvgIpc) is 3.42. The molecule has 4 aliphatic rings. The van der Waals surface area contributed by atoms with E-state index in [1.807, 2.05) is 45.2 Å². The van der Waals surface area contributed by atoms with Crippen molar-refractivity contribution in [2.45, 2.75) is 96.0 Å². The van der Waals surface area contributed by atoms with Crippen LogP contribution in [-0.2, 0) is 19.1 Å². The van der Waals surface area contributed by atoms with Gasteiger partial charge in [-0.15, -0.1) is 11.3 Å². The zero-order valence-corrected chi connectivity index (χ0v) is 30.4. The van der Waals surface area contributed by atoms with E-state index in [-0.39, 0.29) is 69.3 Å². The molecule has 3 fully saturated rings. The molecule has 1 aromatic rings. The fourth-order valence-electron chi connectivity index (χ4n) is 8.88. The second-order valence-electron chi connectivity index (χ2n) is 13.2. The molecule has 2 bridgehead atoms. The van der Waals surface area contributed by atoms with Crippen molar-refractivity contribution in [3.63, 3.8) is 0 Å². The summed E-state index contributed by atoms with van der Waals surface area (Å²) in [6.45, 7) is 10.9. The maximum Gasteiger partial charge on any atom is 0.337 e. The second kappa shape index (κ2) is 11.3. The Labute approximate surface area is 281 Å². The van der Waals surface area contributed by atoms with Crippen LogP contribution in [0.4, 0.5) is 0 Å². The first-order chi connectivity index (χ1) is 18.6. The van der Waals surface area contributed by atoms with Gasteiger partial charge in [-0.1, -0.05) is 33.8 Å². The number of carbonyl (C=O) groups is 2. The quantitative estimate of drug-likeness (QED) is 0.224. The molecule has 1 aliphatic heterocycles. The number of hydrogen-bond donors (Lipinski definition) is 5. The first-order valence-electron chi connectivity index (χ1n) is 14.2. The molecule has 11 atom stereocenters. The zero-order chi connectivity index (χ0) is 29.6. The van der Waals surface area contributed by atoms with Gasteiger partial charge in [0.15, 0.2) is 6.10 Å². The predicted molar refractivity (Wildman–Crippen MR) is 148 cm³/mol. The number of carbonyl (C=O) groups excluding carboxylic acids is 2. The van der Waals surface area contributed by atoms with Gasteiger partial charge in [-0.25, -0.2) is 4.79 Å². The van der Waals surface area contributed by atoms with Gasteiger partial charge in [0.25, 0.3) is 0 Å². The van der Waals surface area contributed by atoms with Gasteiger partial charge in [-0.3, -0.25) is 4.79 Å². The number of esters is 1. The number of thiophene rings is 1. The third-order valence-electron chi connectivity index (χ3n) is 11.1. The summed E-state index contributed by atoms with van der Waals surface area (Å²) in [6, 6.07) is 3.00. The molecular formula is C30H43AcNO8S. The molecule has 0 spiro atoms. The van der Waals surface area contributed by atoms with E-state index in [4.69, 9.17) is 9.47 Å². The first kappa shape index (κ1) is 33.7. The molecule has 2 heterocycles. The Balaban J connectivity index is 0.00000387. The van der Waals surface area contributed by atoms with Crippen LogP contribution >= 0.6 is 11.3 Å². The number of ether oxygens (including phenoxy) is 2.